The van der Waals surface area contributed by atoms with Gasteiger partial charge in [-0.3, -0.25) is 4.90 Å². The minimum absolute atomic E-state index is 0.00528. The normalized spacial score (nSPS) is 22.2. The molecule has 0 spiro atoms. The SMILES string of the molecule is Cc1cccc(C2=CCN(CC3(CO)COC3)CC2)c1. The van der Waals surface area contributed by atoms with E-state index in [1.165, 1.54) is 16.7 Å². The molecule has 3 rings (SSSR count). The molecule has 0 unspecified atom stereocenters. The quantitative estimate of drug-likeness (QED) is 0.912. The molecule has 0 aromatic heterocycles. The van der Waals surface area contributed by atoms with Crippen molar-refractivity contribution < 1.29 is 9.84 Å². The third kappa shape index (κ3) is 2.80. The van der Waals surface area contributed by atoms with Crippen LogP contribution in [-0.2, 0) is 4.74 Å². The van der Waals surface area contributed by atoms with E-state index < -0.39 is 0 Å². The summed E-state index contributed by atoms with van der Waals surface area (Å²) in [4.78, 5) is 2.43. The van der Waals surface area contributed by atoms with Crippen LogP contribution >= 0.6 is 0 Å². The van der Waals surface area contributed by atoms with E-state index in [4.69, 9.17) is 4.74 Å². The molecule has 1 saturated heterocycles. The van der Waals surface area contributed by atoms with Crippen molar-refractivity contribution in [1.82, 2.24) is 4.90 Å². The van der Waals surface area contributed by atoms with Crippen LogP contribution in [0.2, 0.25) is 0 Å². The van der Waals surface area contributed by atoms with Gasteiger partial charge in [-0.1, -0.05) is 35.9 Å². The molecule has 2 aliphatic heterocycles. The molecule has 20 heavy (non-hydrogen) atoms. The van der Waals surface area contributed by atoms with Crippen LogP contribution in [0.15, 0.2) is 30.3 Å². The maximum atomic E-state index is 9.51. The third-order valence-electron chi connectivity index (χ3n) is 4.39. The molecule has 0 aliphatic carbocycles. The molecular weight excluding hydrogens is 250 g/mol. The monoisotopic (exact) mass is 273 g/mol. The fourth-order valence-electron chi connectivity index (χ4n) is 3.06. The van der Waals surface area contributed by atoms with Crippen molar-refractivity contribution in [2.75, 3.05) is 39.5 Å². The highest BCUT2D eigenvalue weighted by Gasteiger charge is 2.39. The lowest BCUT2D eigenvalue weighted by atomic mass is 9.85. The third-order valence-corrected chi connectivity index (χ3v) is 4.39. The molecule has 0 saturated carbocycles. The van der Waals surface area contributed by atoms with E-state index in [-0.39, 0.29) is 12.0 Å². The predicted molar refractivity (Wildman–Crippen MR) is 80.6 cm³/mol. The summed E-state index contributed by atoms with van der Waals surface area (Å²) in [5, 5.41) is 9.51. The lowest BCUT2D eigenvalue weighted by Gasteiger charge is -2.43. The maximum absolute atomic E-state index is 9.51. The van der Waals surface area contributed by atoms with Crippen molar-refractivity contribution in [2.45, 2.75) is 13.3 Å². The van der Waals surface area contributed by atoms with Gasteiger partial charge in [0.1, 0.15) is 0 Å². The molecule has 1 N–H and O–H groups in total. The Bertz CT molecular complexity index is 500. The van der Waals surface area contributed by atoms with Crippen molar-refractivity contribution in [3.63, 3.8) is 0 Å². The molecule has 2 heterocycles. The van der Waals surface area contributed by atoms with Crippen LogP contribution in [0.4, 0.5) is 0 Å². The standard InChI is InChI=1S/C17H23NO2/c1-14-3-2-4-16(9-14)15-5-7-18(8-6-15)10-17(11-19)12-20-13-17/h2-5,9,19H,6-8,10-13H2,1H3. The van der Waals surface area contributed by atoms with E-state index >= 15 is 0 Å². The zero-order valence-electron chi connectivity index (χ0n) is 12.1. The Kier molecular flexibility index (Phi) is 3.92. The van der Waals surface area contributed by atoms with Gasteiger partial charge in [-0.2, -0.15) is 0 Å². The molecule has 108 valence electrons. The summed E-state index contributed by atoms with van der Waals surface area (Å²) < 4.78 is 5.27. The van der Waals surface area contributed by atoms with E-state index in [0.29, 0.717) is 13.2 Å². The van der Waals surface area contributed by atoms with E-state index in [2.05, 4.69) is 42.2 Å². The fraction of sp³-hybridized carbons (Fsp3) is 0.529. The predicted octanol–water partition coefficient (Wildman–Crippen LogP) is 2.09. The minimum Gasteiger partial charge on any atom is -0.396 e. The van der Waals surface area contributed by atoms with E-state index in [9.17, 15) is 5.11 Å². The number of ether oxygens (including phenoxy) is 1. The zero-order chi connectivity index (χ0) is 14.0. The average molecular weight is 273 g/mol. The van der Waals surface area contributed by atoms with Crippen LogP contribution in [-0.4, -0.2) is 49.5 Å². The summed E-state index contributed by atoms with van der Waals surface area (Å²) in [5.74, 6) is 0. The molecular formula is C17H23NO2. The number of nitrogens with zero attached hydrogens (tertiary/aromatic N) is 1. The van der Waals surface area contributed by atoms with Gasteiger partial charge in [0, 0.05) is 19.6 Å². The number of hydrogen-bond donors (Lipinski definition) is 1. The highest BCUT2D eigenvalue weighted by atomic mass is 16.5. The van der Waals surface area contributed by atoms with Crippen molar-refractivity contribution in [1.29, 1.82) is 0 Å². The van der Waals surface area contributed by atoms with E-state index in [1.807, 2.05) is 0 Å². The highest BCUT2D eigenvalue weighted by molar-refractivity contribution is 5.67. The first kappa shape index (κ1) is 13.8. The average Bonchev–Trinajstić information content (AvgIpc) is 2.44. The van der Waals surface area contributed by atoms with Crippen LogP contribution in [0, 0.1) is 12.3 Å². The summed E-state index contributed by atoms with van der Waals surface area (Å²) in [7, 11) is 0. The highest BCUT2D eigenvalue weighted by Crippen LogP contribution is 2.30. The van der Waals surface area contributed by atoms with Crippen molar-refractivity contribution in [3.05, 3.63) is 41.5 Å². The number of rotatable bonds is 4. The second kappa shape index (κ2) is 5.68. The number of hydrogen-bond acceptors (Lipinski definition) is 3. The molecule has 1 fully saturated rings. The molecule has 3 heteroatoms. The first-order valence-electron chi connectivity index (χ1n) is 7.38. The van der Waals surface area contributed by atoms with Gasteiger partial charge in [0.05, 0.1) is 25.2 Å². The lowest BCUT2D eigenvalue weighted by Crippen LogP contribution is -2.53. The summed E-state index contributed by atoms with van der Waals surface area (Å²) in [6.07, 6.45) is 3.43. The maximum Gasteiger partial charge on any atom is 0.0579 e. The Morgan fingerprint density at radius 2 is 2.20 bits per heavy atom. The van der Waals surface area contributed by atoms with Crippen LogP contribution < -0.4 is 0 Å². The first-order chi connectivity index (χ1) is 9.71. The number of aryl methyl sites for hydroxylation is 1. The van der Waals surface area contributed by atoms with Crippen LogP contribution in [0.3, 0.4) is 0 Å². The van der Waals surface area contributed by atoms with Crippen LogP contribution in [0.1, 0.15) is 17.5 Å². The summed E-state index contributed by atoms with van der Waals surface area (Å²) >= 11 is 0. The number of benzene rings is 1. The Hall–Kier alpha value is -1.16. The Balaban J connectivity index is 1.63. The molecule has 0 atom stereocenters. The zero-order valence-corrected chi connectivity index (χ0v) is 12.1. The van der Waals surface area contributed by atoms with E-state index in [1.54, 1.807) is 0 Å². The number of aliphatic hydroxyl groups excluding tert-OH is 1. The topological polar surface area (TPSA) is 32.7 Å². The number of aliphatic hydroxyl groups is 1. The molecule has 0 amide bonds. The molecule has 3 nitrogen and oxygen atoms in total. The first-order valence-corrected chi connectivity index (χ1v) is 7.38. The van der Waals surface area contributed by atoms with Gasteiger partial charge in [-0.05, 0) is 24.5 Å². The van der Waals surface area contributed by atoms with Gasteiger partial charge < -0.3 is 9.84 Å². The Labute approximate surface area is 120 Å². The second-order valence-corrected chi connectivity index (χ2v) is 6.23. The molecule has 2 aliphatic rings. The molecule has 1 aromatic rings. The van der Waals surface area contributed by atoms with Gasteiger partial charge in [0.25, 0.3) is 0 Å². The lowest BCUT2D eigenvalue weighted by molar-refractivity contribution is -0.147. The van der Waals surface area contributed by atoms with Crippen molar-refractivity contribution in [3.8, 4) is 0 Å². The Morgan fingerprint density at radius 1 is 1.35 bits per heavy atom. The second-order valence-electron chi connectivity index (χ2n) is 6.23. The largest absolute Gasteiger partial charge is 0.396 e. The summed E-state index contributed by atoms with van der Waals surface area (Å²) in [6, 6.07) is 8.73. The van der Waals surface area contributed by atoms with Crippen molar-refractivity contribution >= 4 is 5.57 Å². The Morgan fingerprint density at radius 3 is 2.75 bits per heavy atom. The summed E-state index contributed by atoms with van der Waals surface area (Å²) in [5.41, 5.74) is 4.12. The van der Waals surface area contributed by atoms with Gasteiger partial charge in [-0.15, -0.1) is 0 Å². The van der Waals surface area contributed by atoms with Gasteiger partial charge in [0.2, 0.25) is 0 Å². The van der Waals surface area contributed by atoms with Gasteiger partial charge in [-0.25, -0.2) is 0 Å². The smallest absolute Gasteiger partial charge is 0.0579 e. The van der Waals surface area contributed by atoms with Gasteiger partial charge in [0.15, 0.2) is 0 Å². The van der Waals surface area contributed by atoms with Crippen LogP contribution in [0.5, 0.6) is 0 Å². The van der Waals surface area contributed by atoms with Crippen molar-refractivity contribution in [2.24, 2.45) is 5.41 Å². The summed E-state index contributed by atoms with van der Waals surface area (Å²) in [6.45, 7) is 6.77. The molecule has 0 bridgehead atoms. The molecule has 0 radical (unpaired) electrons. The van der Waals surface area contributed by atoms with Crippen LogP contribution in [0.25, 0.3) is 5.57 Å². The van der Waals surface area contributed by atoms with Gasteiger partial charge >= 0.3 is 0 Å². The molecule has 1 aromatic carbocycles. The minimum atomic E-state index is -0.00528. The fourth-order valence-corrected chi connectivity index (χ4v) is 3.06. The van der Waals surface area contributed by atoms with E-state index in [0.717, 1.165) is 26.1 Å².